The highest BCUT2D eigenvalue weighted by Crippen LogP contribution is 2.18. The van der Waals surface area contributed by atoms with Gasteiger partial charge in [-0.25, -0.2) is 0 Å². The number of hydrogen-bond acceptors (Lipinski definition) is 2. The van der Waals surface area contributed by atoms with Gasteiger partial charge in [-0.15, -0.1) is 0 Å². The van der Waals surface area contributed by atoms with E-state index in [0.29, 0.717) is 0 Å². The van der Waals surface area contributed by atoms with Crippen molar-refractivity contribution in [3.8, 4) is 5.75 Å². The third-order valence-corrected chi connectivity index (χ3v) is 2.80. The molecule has 0 N–H and O–H groups in total. The van der Waals surface area contributed by atoms with Crippen LogP contribution in [0.3, 0.4) is 0 Å². The maximum absolute atomic E-state index is 5.76. The van der Waals surface area contributed by atoms with Crippen LogP contribution in [-0.4, -0.2) is 12.8 Å². The van der Waals surface area contributed by atoms with E-state index >= 15 is 0 Å². The van der Waals surface area contributed by atoms with Crippen LogP contribution >= 0.6 is 0 Å². The van der Waals surface area contributed by atoms with Gasteiger partial charge in [0.2, 0.25) is 0 Å². The molecule has 1 aliphatic rings. The van der Waals surface area contributed by atoms with Gasteiger partial charge in [0.25, 0.3) is 0 Å². The number of benzene rings is 1. The molecule has 1 aromatic rings. The van der Waals surface area contributed by atoms with Crippen molar-refractivity contribution in [2.75, 3.05) is 7.05 Å². The van der Waals surface area contributed by atoms with E-state index in [1.807, 2.05) is 37.3 Å². The number of rotatable bonds is 3. The van der Waals surface area contributed by atoms with Crippen LogP contribution in [0.25, 0.3) is 0 Å². The predicted octanol–water partition coefficient (Wildman–Crippen LogP) is 3.74. The quantitative estimate of drug-likeness (QED) is 0.721. The van der Waals surface area contributed by atoms with Crippen LogP contribution in [0.4, 0.5) is 0 Å². The smallest absolute Gasteiger partial charge is 0.127 e. The second kappa shape index (κ2) is 5.48. The van der Waals surface area contributed by atoms with Gasteiger partial charge >= 0.3 is 0 Å². The Morgan fingerprint density at radius 1 is 1.18 bits per heavy atom. The molecule has 1 aliphatic carbocycles. The molecule has 0 unspecified atom stereocenters. The molecule has 2 heteroatoms. The zero-order valence-electron chi connectivity index (χ0n) is 10.3. The van der Waals surface area contributed by atoms with E-state index in [1.165, 1.54) is 0 Å². The first-order valence-corrected chi connectivity index (χ1v) is 5.88. The van der Waals surface area contributed by atoms with Gasteiger partial charge in [-0.1, -0.05) is 6.08 Å². The highest BCUT2D eigenvalue weighted by molar-refractivity contribution is 5.98. The van der Waals surface area contributed by atoms with E-state index < -0.39 is 0 Å². The molecule has 17 heavy (non-hydrogen) atoms. The van der Waals surface area contributed by atoms with Crippen molar-refractivity contribution in [3.05, 3.63) is 53.8 Å². The number of allylic oxidation sites excluding steroid dienone is 3. The van der Waals surface area contributed by atoms with Crippen molar-refractivity contribution in [1.82, 2.24) is 0 Å². The number of nitrogens with zero attached hydrogens (tertiary/aromatic N) is 1. The maximum atomic E-state index is 5.76. The zero-order valence-corrected chi connectivity index (χ0v) is 10.3. The fourth-order valence-corrected chi connectivity index (χ4v) is 1.69. The Hall–Kier alpha value is -1.83. The molecule has 2 rings (SSSR count). The second-order valence-electron chi connectivity index (χ2n) is 4.02. The van der Waals surface area contributed by atoms with Gasteiger partial charge in [-0.05, 0) is 61.7 Å². The van der Waals surface area contributed by atoms with Crippen molar-refractivity contribution in [2.24, 2.45) is 4.99 Å². The maximum Gasteiger partial charge on any atom is 0.127 e. The van der Waals surface area contributed by atoms with E-state index in [4.69, 9.17) is 4.74 Å². The molecule has 0 amide bonds. The lowest BCUT2D eigenvalue weighted by molar-refractivity contribution is 0.439. The molecule has 0 aliphatic heterocycles. The molecular formula is C15H17NO. The lowest BCUT2D eigenvalue weighted by Gasteiger charge is -2.09. The third kappa shape index (κ3) is 3.06. The Morgan fingerprint density at radius 2 is 1.94 bits per heavy atom. The van der Waals surface area contributed by atoms with Crippen LogP contribution in [0.15, 0.2) is 53.2 Å². The fourth-order valence-electron chi connectivity index (χ4n) is 1.69. The summed E-state index contributed by atoms with van der Waals surface area (Å²) in [5, 5.41) is 0. The standard InChI is InChI=1S/C15H17NO/c1-12(16-2)13-8-10-15(11-9-13)17-14-6-4-3-5-7-14/h4,6-11H,3,5H2,1-2H3. The molecular weight excluding hydrogens is 210 g/mol. The van der Waals surface area contributed by atoms with Gasteiger partial charge in [0, 0.05) is 12.8 Å². The van der Waals surface area contributed by atoms with Crippen molar-refractivity contribution in [2.45, 2.75) is 19.8 Å². The van der Waals surface area contributed by atoms with Crippen molar-refractivity contribution >= 4 is 5.71 Å². The summed E-state index contributed by atoms with van der Waals surface area (Å²) in [6.45, 7) is 2.00. The lowest BCUT2D eigenvalue weighted by Crippen LogP contribution is -1.97. The molecule has 0 bridgehead atoms. The lowest BCUT2D eigenvalue weighted by atomic mass is 10.1. The molecule has 0 saturated carbocycles. The largest absolute Gasteiger partial charge is 0.458 e. The van der Waals surface area contributed by atoms with Gasteiger partial charge in [-0.3, -0.25) is 4.99 Å². The Kier molecular flexibility index (Phi) is 3.76. The highest BCUT2D eigenvalue weighted by Gasteiger charge is 2.01. The number of hydrogen-bond donors (Lipinski definition) is 0. The monoisotopic (exact) mass is 227 g/mol. The Labute approximate surface area is 102 Å². The third-order valence-electron chi connectivity index (χ3n) is 2.80. The minimum atomic E-state index is 0.871. The average molecular weight is 227 g/mol. The number of ether oxygens (including phenoxy) is 1. The van der Waals surface area contributed by atoms with Crippen molar-refractivity contribution in [1.29, 1.82) is 0 Å². The Bertz CT molecular complexity index is 466. The van der Waals surface area contributed by atoms with Gasteiger partial charge < -0.3 is 4.74 Å². The van der Waals surface area contributed by atoms with Gasteiger partial charge in [-0.2, -0.15) is 0 Å². The first-order chi connectivity index (χ1) is 8.29. The van der Waals surface area contributed by atoms with Crippen LogP contribution in [0, 0.1) is 0 Å². The number of aliphatic imine (C=N–C) groups is 1. The molecule has 0 atom stereocenters. The minimum Gasteiger partial charge on any atom is -0.458 e. The normalized spacial score (nSPS) is 15.6. The Morgan fingerprint density at radius 3 is 2.53 bits per heavy atom. The summed E-state index contributed by atoms with van der Waals surface area (Å²) in [6.07, 6.45) is 8.45. The van der Waals surface area contributed by atoms with Crippen LogP contribution < -0.4 is 4.74 Å². The van der Waals surface area contributed by atoms with Crippen LogP contribution in [0.5, 0.6) is 5.75 Å². The molecule has 0 fully saturated rings. The molecule has 0 aromatic heterocycles. The van der Waals surface area contributed by atoms with Crippen molar-refractivity contribution in [3.63, 3.8) is 0 Å². The van der Waals surface area contributed by atoms with E-state index in [-0.39, 0.29) is 0 Å². The van der Waals surface area contributed by atoms with Crippen molar-refractivity contribution < 1.29 is 4.74 Å². The summed E-state index contributed by atoms with van der Waals surface area (Å²) < 4.78 is 5.76. The molecule has 0 saturated heterocycles. The second-order valence-corrected chi connectivity index (χ2v) is 4.02. The van der Waals surface area contributed by atoms with E-state index in [2.05, 4.69) is 17.1 Å². The van der Waals surface area contributed by atoms with E-state index in [0.717, 1.165) is 35.6 Å². The first-order valence-electron chi connectivity index (χ1n) is 5.88. The van der Waals surface area contributed by atoms with Gasteiger partial charge in [0.15, 0.2) is 0 Å². The predicted molar refractivity (Wildman–Crippen MR) is 71.7 cm³/mol. The summed E-state index contributed by atoms with van der Waals surface area (Å²) in [6, 6.07) is 8.02. The SMILES string of the molecule is CN=C(C)c1ccc(OC2=CCCC=C2)cc1. The summed E-state index contributed by atoms with van der Waals surface area (Å²) in [7, 11) is 1.80. The van der Waals surface area contributed by atoms with E-state index in [9.17, 15) is 0 Å². The summed E-state index contributed by atoms with van der Waals surface area (Å²) in [5.41, 5.74) is 2.17. The molecule has 0 heterocycles. The summed E-state index contributed by atoms with van der Waals surface area (Å²) >= 11 is 0. The fraction of sp³-hybridized carbons (Fsp3) is 0.267. The first kappa shape index (κ1) is 11.6. The van der Waals surface area contributed by atoms with E-state index in [1.54, 1.807) is 7.05 Å². The van der Waals surface area contributed by atoms with Gasteiger partial charge in [0.05, 0.1) is 0 Å². The average Bonchev–Trinajstić information content (AvgIpc) is 2.40. The minimum absolute atomic E-state index is 0.871. The summed E-state index contributed by atoms with van der Waals surface area (Å²) in [5.74, 6) is 1.81. The molecule has 2 nitrogen and oxygen atoms in total. The Balaban J connectivity index is 2.08. The molecule has 0 spiro atoms. The zero-order chi connectivity index (χ0) is 12.1. The highest BCUT2D eigenvalue weighted by atomic mass is 16.5. The molecule has 88 valence electrons. The van der Waals surface area contributed by atoms with Crippen LogP contribution in [0.2, 0.25) is 0 Å². The summed E-state index contributed by atoms with van der Waals surface area (Å²) in [4.78, 5) is 4.16. The molecule has 1 aromatic carbocycles. The van der Waals surface area contributed by atoms with Crippen LogP contribution in [0.1, 0.15) is 25.3 Å². The molecule has 0 radical (unpaired) electrons. The topological polar surface area (TPSA) is 21.6 Å². The van der Waals surface area contributed by atoms with Gasteiger partial charge in [0.1, 0.15) is 11.5 Å². The van der Waals surface area contributed by atoms with Crippen LogP contribution in [-0.2, 0) is 0 Å².